The number of benzene rings is 1. The third-order valence-electron chi connectivity index (χ3n) is 3.20. The van der Waals surface area contributed by atoms with E-state index in [1.165, 1.54) is 6.20 Å². The van der Waals surface area contributed by atoms with E-state index in [1.54, 1.807) is 19.2 Å². The second kappa shape index (κ2) is 6.65. The molecule has 0 fully saturated rings. The Morgan fingerprint density at radius 1 is 1.10 bits per heavy atom. The first-order chi connectivity index (χ1) is 10.1. The molecule has 2 rings (SSSR count). The number of hydrogen-bond acceptors (Lipinski definition) is 3. The van der Waals surface area contributed by atoms with Crippen LogP contribution in [0.15, 0.2) is 48.7 Å². The summed E-state index contributed by atoms with van der Waals surface area (Å²) >= 11 is 0. The predicted octanol–water partition coefficient (Wildman–Crippen LogP) is 2.18. The van der Waals surface area contributed by atoms with E-state index < -0.39 is 0 Å². The molecule has 1 aromatic carbocycles. The van der Waals surface area contributed by atoms with Gasteiger partial charge >= 0.3 is 0 Å². The van der Waals surface area contributed by atoms with Crippen LogP contribution in [0.25, 0.3) is 0 Å². The molecule has 0 aliphatic rings. The maximum Gasteiger partial charge on any atom is 0.252 e. The summed E-state index contributed by atoms with van der Waals surface area (Å²) in [5.74, 6) is -0.193. The number of pyridine rings is 1. The average molecular weight is 283 g/mol. The number of nitrogens with one attached hydrogen (secondary N) is 2. The zero-order valence-corrected chi connectivity index (χ0v) is 12.0. The minimum Gasteiger partial charge on any atom is -0.355 e. The van der Waals surface area contributed by atoms with Gasteiger partial charge in [0.25, 0.3) is 5.91 Å². The highest BCUT2D eigenvalue weighted by Gasteiger charge is 2.15. The molecule has 108 valence electrons. The van der Waals surface area contributed by atoms with Crippen molar-refractivity contribution < 1.29 is 9.59 Å². The molecule has 1 atom stereocenters. The number of rotatable bonds is 4. The van der Waals surface area contributed by atoms with Crippen molar-refractivity contribution in [2.24, 2.45) is 0 Å². The lowest BCUT2D eigenvalue weighted by atomic mass is 10.0. The molecule has 5 heteroatoms. The minimum atomic E-state index is -0.272. The first-order valence-electron chi connectivity index (χ1n) is 6.65. The highest BCUT2D eigenvalue weighted by atomic mass is 16.2. The van der Waals surface area contributed by atoms with Crippen molar-refractivity contribution in [1.29, 1.82) is 0 Å². The van der Waals surface area contributed by atoms with Crippen LogP contribution in [0.3, 0.4) is 0 Å². The van der Waals surface area contributed by atoms with Crippen LogP contribution in [0, 0.1) is 0 Å². The largest absolute Gasteiger partial charge is 0.355 e. The third-order valence-corrected chi connectivity index (χ3v) is 3.20. The molecule has 1 aromatic heterocycles. The second-order valence-corrected chi connectivity index (χ2v) is 4.63. The van der Waals surface area contributed by atoms with E-state index in [0.29, 0.717) is 11.4 Å². The van der Waals surface area contributed by atoms with Gasteiger partial charge in [-0.3, -0.25) is 9.59 Å². The quantitative estimate of drug-likeness (QED) is 0.903. The average Bonchev–Trinajstić information content (AvgIpc) is 2.55. The second-order valence-electron chi connectivity index (χ2n) is 4.63. The molecular weight excluding hydrogens is 266 g/mol. The highest BCUT2D eigenvalue weighted by Crippen LogP contribution is 2.16. The van der Waals surface area contributed by atoms with E-state index >= 15 is 0 Å². The summed E-state index contributed by atoms with van der Waals surface area (Å²) in [6, 6.07) is 12.8. The van der Waals surface area contributed by atoms with Gasteiger partial charge in [-0.1, -0.05) is 30.3 Å². The number of anilines is 1. The van der Waals surface area contributed by atoms with Crippen LogP contribution in [0.2, 0.25) is 0 Å². The molecule has 0 aliphatic carbocycles. The molecule has 0 bridgehead atoms. The molecule has 0 aliphatic heterocycles. The Kier molecular flexibility index (Phi) is 4.66. The van der Waals surface area contributed by atoms with Gasteiger partial charge in [-0.05, 0) is 24.6 Å². The lowest BCUT2D eigenvalue weighted by molar-refractivity contribution is -0.117. The number of carbonyl (C=O) groups excluding carboxylic acids is 2. The fourth-order valence-electron chi connectivity index (χ4n) is 1.87. The van der Waals surface area contributed by atoms with Gasteiger partial charge in [-0.25, -0.2) is 4.98 Å². The maximum absolute atomic E-state index is 12.2. The summed E-state index contributed by atoms with van der Waals surface area (Å²) in [4.78, 5) is 27.6. The molecule has 0 saturated carbocycles. The third kappa shape index (κ3) is 3.66. The van der Waals surface area contributed by atoms with E-state index in [4.69, 9.17) is 0 Å². The summed E-state index contributed by atoms with van der Waals surface area (Å²) in [5.41, 5.74) is 1.39. The van der Waals surface area contributed by atoms with Gasteiger partial charge in [0.1, 0.15) is 5.82 Å². The number of aromatic nitrogens is 1. The van der Waals surface area contributed by atoms with Crippen LogP contribution >= 0.6 is 0 Å². The number of nitrogens with zero attached hydrogens (tertiary/aromatic N) is 1. The standard InChI is InChI=1S/C16H17N3O2/c1-11(12-6-4-3-5-7-12)15(20)19-14-9-8-13(10-18-14)16(21)17-2/h3-11H,1-2H3,(H,17,21)(H,18,19,20). The van der Waals surface area contributed by atoms with Crippen molar-refractivity contribution in [1.82, 2.24) is 10.3 Å². The maximum atomic E-state index is 12.2. The van der Waals surface area contributed by atoms with Crippen molar-refractivity contribution in [3.05, 3.63) is 59.8 Å². The van der Waals surface area contributed by atoms with E-state index in [-0.39, 0.29) is 17.7 Å². The van der Waals surface area contributed by atoms with Gasteiger partial charge in [-0.15, -0.1) is 0 Å². The van der Waals surface area contributed by atoms with Crippen molar-refractivity contribution in [2.75, 3.05) is 12.4 Å². The lowest BCUT2D eigenvalue weighted by Crippen LogP contribution is -2.20. The van der Waals surface area contributed by atoms with Gasteiger partial charge in [0.05, 0.1) is 11.5 Å². The first-order valence-corrected chi connectivity index (χ1v) is 6.65. The molecule has 1 heterocycles. The van der Waals surface area contributed by atoms with Crippen LogP contribution in [0.5, 0.6) is 0 Å². The Balaban J connectivity index is 2.04. The van der Waals surface area contributed by atoms with Gasteiger partial charge < -0.3 is 10.6 Å². The summed E-state index contributed by atoms with van der Waals surface area (Å²) in [7, 11) is 1.56. The summed E-state index contributed by atoms with van der Waals surface area (Å²) < 4.78 is 0. The van der Waals surface area contributed by atoms with Gasteiger partial charge in [0.2, 0.25) is 5.91 Å². The first kappa shape index (κ1) is 14.7. The topological polar surface area (TPSA) is 71.1 Å². The molecule has 21 heavy (non-hydrogen) atoms. The van der Waals surface area contributed by atoms with Gasteiger partial charge in [-0.2, -0.15) is 0 Å². The van der Waals surface area contributed by atoms with Crippen LogP contribution in [-0.2, 0) is 4.79 Å². The van der Waals surface area contributed by atoms with Gasteiger partial charge in [0, 0.05) is 13.2 Å². The van der Waals surface area contributed by atoms with E-state index in [2.05, 4.69) is 15.6 Å². The summed E-state index contributed by atoms with van der Waals surface area (Å²) in [6.45, 7) is 1.84. The lowest BCUT2D eigenvalue weighted by Gasteiger charge is -2.12. The Morgan fingerprint density at radius 3 is 2.38 bits per heavy atom. The predicted molar refractivity (Wildman–Crippen MR) is 81.1 cm³/mol. The Labute approximate surface area is 123 Å². The SMILES string of the molecule is CNC(=O)c1ccc(NC(=O)C(C)c2ccccc2)nc1. The monoisotopic (exact) mass is 283 g/mol. The molecular formula is C16H17N3O2. The molecule has 0 radical (unpaired) electrons. The van der Waals surface area contributed by atoms with E-state index in [9.17, 15) is 9.59 Å². The fraction of sp³-hybridized carbons (Fsp3) is 0.188. The molecule has 0 saturated heterocycles. The minimum absolute atomic E-state index is 0.138. The van der Waals surface area contributed by atoms with Crippen molar-refractivity contribution in [3.63, 3.8) is 0 Å². The number of carbonyl (C=O) groups is 2. The van der Waals surface area contributed by atoms with Crippen LogP contribution in [-0.4, -0.2) is 23.8 Å². The van der Waals surface area contributed by atoms with Crippen LogP contribution < -0.4 is 10.6 Å². The highest BCUT2D eigenvalue weighted by molar-refractivity contribution is 5.96. The van der Waals surface area contributed by atoms with Crippen LogP contribution in [0.4, 0.5) is 5.82 Å². The van der Waals surface area contributed by atoms with Crippen molar-refractivity contribution in [2.45, 2.75) is 12.8 Å². The van der Waals surface area contributed by atoms with E-state index in [1.807, 2.05) is 37.3 Å². The molecule has 0 spiro atoms. The van der Waals surface area contributed by atoms with Crippen molar-refractivity contribution in [3.8, 4) is 0 Å². The molecule has 2 aromatic rings. The Hall–Kier alpha value is -2.69. The molecule has 1 unspecified atom stereocenters. The van der Waals surface area contributed by atoms with E-state index in [0.717, 1.165) is 5.56 Å². The summed E-state index contributed by atoms with van der Waals surface area (Å²) in [6.07, 6.45) is 1.43. The van der Waals surface area contributed by atoms with Gasteiger partial charge in [0.15, 0.2) is 0 Å². The normalized spacial score (nSPS) is 11.5. The zero-order valence-electron chi connectivity index (χ0n) is 12.0. The zero-order chi connectivity index (χ0) is 15.2. The van der Waals surface area contributed by atoms with Crippen LogP contribution in [0.1, 0.15) is 28.8 Å². The molecule has 2 N–H and O–H groups in total. The Bertz CT molecular complexity index is 624. The van der Waals surface area contributed by atoms with Crippen molar-refractivity contribution >= 4 is 17.6 Å². The smallest absolute Gasteiger partial charge is 0.252 e. The number of amides is 2. The fourth-order valence-corrected chi connectivity index (χ4v) is 1.87. The summed E-state index contributed by atoms with van der Waals surface area (Å²) in [5, 5.41) is 5.26. The number of hydrogen-bond donors (Lipinski definition) is 2. The molecule has 2 amide bonds. The molecule has 5 nitrogen and oxygen atoms in total. The Morgan fingerprint density at radius 2 is 1.81 bits per heavy atom.